The molecular formula is C15H21NO2. The van der Waals surface area contributed by atoms with Gasteiger partial charge in [0.25, 0.3) is 0 Å². The summed E-state index contributed by atoms with van der Waals surface area (Å²) in [6.45, 7) is 3.58. The van der Waals surface area contributed by atoms with E-state index in [1.807, 2.05) is 19.1 Å². The van der Waals surface area contributed by atoms with Gasteiger partial charge >= 0.3 is 0 Å². The van der Waals surface area contributed by atoms with Crippen molar-refractivity contribution < 1.29 is 9.84 Å². The summed E-state index contributed by atoms with van der Waals surface area (Å²) < 4.78 is 5.85. The van der Waals surface area contributed by atoms with E-state index < -0.39 is 6.10 Å². The fourth-order valence-corrected chi connectivity index (χ4v) is 3.33. The van der Waals surface area contributed by atoms with Crippen LogP contribution in [0.2, 0.25) is 0 Å². The van der Waals surface area contributed by atoms with Crippen molar-refractivity contribution in [3.8, 4) is 0 Å². The molecule has 1 aromatic rings. The Balaban J connectivity index is 1.93. The number of nitrogens with zero attached hydrogens (tertiary/aromatic N) is 1. The van der Waals surface area contributed by atoms with Gasteiger partial charge in [0.15, 0.2) is 0 Å². The molecule has 1 saturated carbocycles. The minimum Gasteiger partial charge on any atom is -0.389 e. The highest BCUT2D eigenvalue weighted by molar-refractivity contribution is 5.56. The van der Waals surface area contributed by atoms with Gasteiger partial charge in [-0.2, -0.15) is 0 Å². The predicted molar refractivity (Wildman–Crippen MR) is 71.8 cm³/mol. The van der Waals surface area contributed by atoms with Crippen LogP contribution in [0.25, 0.3) is 0 Å². The molecule has 1 aliphatic carbocycles. The van der Waals surface area contributed by atoms with Crippen LogP contribution >= 0.6 is 0 Å². The fraction of sp³-hybridized carbons (Fsp3) is 0.600. The van der Waals surface area contributed by atoms with Crippen molar-refractivity contribution in [3.05, 3.63) is 29.8 Å². The molecule has 1 saturated heterocycles. The number of morpholine rings is 1. The van der Waals surface area contributed by atoms with Crippen molar-refractivity contribution in [2.75, 3.05) is 18.1 Å². The van der Waals surface area contributed by atoms with E-state index >= 15 is 0 Å². The summed E-state index contributed by atoms with van der Waals surface area (Å²) in [6.07, 6.45) is 3.61. The van der Waals surface area contributed by atoms with E-state index in [0.717, 1.165) is 18.7 Å². The third-order valence-electron chi connectivity index (χ3n) is 4.18. The lowest BCUT2D eigenvalue weighted by Gasteiger charge is -2.40. The molecule has 0 radical (unpaired) electrons. The van der Waals surface area contributed by atoms with Crippen LogP contribution in [0.5, 0.6) is 0 Å². The molecule has 3 atom stereocenters. The molecule has 1 aliphatic heterocycles. The second-order valence-electron chi connectivity index (χ2n) is 5.34. The molecule has 0 spiro atoms. The molecule has 0 bridgehead atoms. The highest BCUT2D eigenvalue weighted by Crippen LogP contribution is 2.36. The van der Waals surface area contributed by atoms with E-state index in [2.05, 4.69) is 17.0 Å². The Labute approximate surface area is 108 Å². The number of rotatable bonds is 2. The summed E-state index contributed by atoms with van der Waals surface area (Å²) in [7, 11) is 0. The van der Waals surface area contributed by atoms with Crippen molar-refractivity contribution in [3.63, 3.8) is 0 Å². The average Bonchev–Trinajstić information content (AvgIpc) is 2.86. The van der Waals surface area contributed by atoms with Crippen molar-refractivity contribution in [2.24, 2.45) is 0 Å². The quantitative estimate of drug-likeness (QED) is 0.871. The Morgan fingerprint density at radius 1 is 1.33 bits per heavy atom. The number of anilines is 1. The maximum absolute atomic E-state index is 9.92. The Morgan fingerprint density at radius 2 is 2.17 bits per heavy atom. The Morgan fingerprint density at radius 3 is 3.00 bits per heavy atom. The fourth-order valence-electron chi connectivity index (χ4n) is 3.33. The lowest BCUT2D eigenvalue weighted by atomic mass is 10.0. The number of para-hydroxylation sites is 1. The van der Waals surface area contributed by atoms with Gasteiger partial charge in [0, 0.05) is 17.8 Å². The molecule has 3 rings (SSSR count). The van der Waals surface area contributed by atoms with Crippen LogP contribution in [0.15, 0.2) is 24.3 Å². The monoisotopic (exact) mass is 247 g/mol. The normalized spacial score (nSPS) is 29.1. The Hall–Kier alpha value is -1.06. The number of fused-ring (bicyclic) bond motifs is 1. The van der Waals surface area contributed by atoms with E-state index in [0.29, 0.717) is 12.1 Å². The van der Waals surface area contributed by atoms with Gasteiger partial charge in [-0.3, -0.25) is 0 Å². The van der Waals surface area contributed by atoms with Gasteiger partial charge in [0.1, 0.15) is 0 Å². The Bertz CT molecular complexity index is 419. The standard InChI is InChI=1S/C15H21NO2/c1-11(17)12-5-2-3-6-13(12)16-9-10-18-15-8-4-7-14(15)16/h2-3,5-6,11,14-15,17H,4,7-10H2,1H3/t11-,14?,15?/m1/s1. The van der Waals surface area contributed by atoms with Crippen LogP contribution in [0.4, 0.5) is 5.69 Å². The number of benzene rings is 1. The van der Waals surface area contributed by atoms with Crippen molar-refractivity contribution in [1.29, 1.82) is 0 Å². The number of ether oxygens (including phenoxy) is 1. The van der Waals surface area contributed by atoms with Crippen molar-refractivity contribution in [1.82, 2.24) is 0 Å². The maximum atomic E-state index is 9.92. The molecule has 2 fully saturated rings. The van der Waals surface area contributed by atoms with Gasteiger partial charge in [0.2, 0.25) is 0 Å². The average molecular weight is 247 g/mol. The number of aliphatic hydroxyl groups is 1. The molecule has 2 aliphatic rings. The van der Waals surface area contributed by atoms with Gasteiger partial charge in [-0.1, -0.05) is 18.2 Å². The molecular weight excluding hydrogens is 226 g/mol. The van der Waals surface area contributed by atoms with Gasteiger partial charge in [-0.25, -0.2) is 0 Å². The molecule has 3 heteroatoms. The summed E-state index contributed by atoms with van der Waals surface area (Å²) in [5.74, 6) is 0. The molecule has 0 amide bonds. The second kappa shape index (κ2) is 4.90. The lowest BCUT2D eigenvalue weighted by Crippen LogP contribution is -2.49. The van der Waals surface area contributed by atoms with Crippen molar-refractivity contribution in [2.45, 2.75) is 44.4 Å². The van der Waals surface area contributed by atoms with Gasteiger partial charge in [-0.15, -0.1) is 0 Å². The predicted octanol–water partition coefficient (Wildman–Crippen LogP) is 2.50. The lowest BCUT2D eigenvalue weighted by molar-refractivity contribution is 0.0254. The number of hydrogen-bond acceptors (Lipinski definition) is 3. The largest absolute Gasteiger partial charge is 0.389 e. The van der Waals surface area contributed by atoms with Crippen LogP contribution in [0.1, 0.15) is 37.9 Å². The SMILES string of the molecule is C[C@@H](O)c1ccccc1N1CCOC2CCCC21. The highest BCUT2D eigenvalue weighted by Gasteiger charge is 2.36. The summed E-state index contributed by atoms with van der Waals surface area (Å²) in [5.41, 5.74) is 2.22. The van der Waals surface area contributed by atoms with E-state index in [9.17, 15) is 5.11 Å². The van der Waals surface area contributed by atoms with Crippen LogP contribution in [-0.2, 0) is 4.74 Å². The Kier molecular flexibility index (Phi) is 3.27. The zero-order chi connectivity index (χ0) is 12.5. The first kappa shape index (κ1) is 12.0. The minimum atomic E-state index is -0.413. The summed E-state index contributed by atoms with van der Waals surface area (Å²) >= 11 is 0. The first-order valence-corrected chi connectivity index (χ1v) is 6.92. The zero-order valence-electron chi connectivity index (χ0n) is 10.9. The smallest absolute Gasteiger partial charge is 0.0781 e. The molecule has 18 heavy (non-hydrogen) atoms. The van der Waals surface area contributed by atoms with E-state index in [4.69, 9.17) is 4.74 Å². The molecule has 1 N–H and O–H groups in total. The first-order valence-electron chi connectivity index (χ1n) is 6.92. The first-order chi connectivity index (χ1) is 8.77. The topological polar surface area (TPSA) is 32.7 Å². The molecule has 1 heterocycles. The third-order valence-corrected chi connectivity index (χ3v) is 4.18. The van der Waals surface area contributed by atoms with Crippen molar-refractivity contribution >= 4 is 5.69 Å². The van der Waals surface area contributed by atoms with Gasteiger partial charge < -0.3 is 14.7 Å². The summed E-state index contributed by atoms with van der Waals surface area (Å²) in [6, 6.07) is 8.71. The zero-order valence-corrected chi connectivity index (χ0v) is 10.9. The van der Waals surface area contributed by atoms with Crippen LogP contribution < -0.4 is 4.90 Å². The van der Waals surface area contributed by atoms with E-state index in [-0.39, 0.29) is 0 Å². The van der Waals surface area contributed by atoms with Crippen LogP contribution in [0, 0.1) is 0 Å². The molecule has 98 valence electrons. The van der Waals surface area contributed by atoms with Crippen LogP contribution in [0.3, 0.4) is 0 Å². The van der Waals surface area contributed by atoms with Gasteiger partial charge in [0.05, 0.1) is 24.9 Å². The third kappa shape index (κ3) is 2.02. The minimum absolute atomic E-state index is 0.390. The van der Waals surface area contributed by atoms with Gasteiger partial charge in [-0.05, 0) is 32.3 Å². The number of aliphatic hydroxyl groups excluding tert-OH is 1. The molecule has 0 aromatic heterocycles. The summed E-state index contributed by atoms with van der Waals surface area (Å²) in [4.78, 5) is 2.45. The van der Waals surface area contributed by atoms with E-state index in [1.165, 1.54) is 24.9 Å². The molecule has 1 aromatic carbocycles. The second-order valence-corrected chi connectivity index (χ2v) is 5.34. The highest BCUT2D eigenvalue weighted by atomic mass is 16.5. The maximum Gasteiger partial charge on any atom is 0.0781 e. The molecule has 3 nitrogen and oxygen atoms in total. The summed E-state index contributed by atoms with van der Waals surface area (Å²) in [5, 5.41) is 9.92. The van der Waals surface area contributed by atoms with Crippen LogP contribution in [-0.4, -0.2) is 30.4 Å². The molecule has 2 unspecified atom stereocenters. The van der Waals surface area contributed by atoms with E-state index in [1.54, 1.807) is 0 Å². The number of hydrogen-bond donors (Lipinski definition) is 1.